The average molecular weight is 417 g/mol. The van der Waals surface area contributed by atoms with Gasteiger partial charge in [0.15, 0.2) is 11.6 Å². The van der Waals surface area contributed by atoms with Crippen LogP contribution in [0.1, 0.15) is 43.5 Å². The molecule has 8 heteroatoms. The summed E-state index contributed by atoms with van der Waals surface area (Å²) < 4.78 is 10.8. The van der Waals surface area contributed by atoms with Gasteiger partial charge in [0, 0.05) is 30.6 Å². The number of carbonyl (C=O) groups excluding carboxylic acids is 1. The van der Waals surface area contributed by atoms with Gasteiger partial charge in [-0.3, -0.25) is 9.89 Å². The topological polar surface area (TPSA) is 101 Å². The number of rotatable bonds is 7. The van der Waals surface area contributed by atoms with Gasteiger partial charge < -0.3 is 13.8 Å². The lowest BCUT2D eigenvalue weighted by atomic mass is 10.1. The van der Waals surface area contributed by atoms with E-state index in [1.54, 1.807) is 23.3 Å². The van der Waals surface area contributed by atoms with Crippen molar-refractivity contribution < 1.29 is 13.7 Å². The first kappa shape index (κ1) is 19.3. The van der Waals surface area contributed by atoms with Gasteiger partial charge in [-0.1, -0.05) is 30.6 Å². The summed E-state index contributed by atoms with van der Waals surface area (Å²) in [5, 5.41) is 11.2. The molecule has 4 aromatic rings. The number of amides is 1. The van der Waals surface area contributed by atoms with Crippen molar-refractivity contribution in [3.05, 3.63) is 60.1 Å². The summed E-state index contributed by atoms with van der Waals surface area (Å²) >= 11 is 0. The van der Waals surface area contributed by atoms with E-state index in [0.29, 0.717) is 41.8 Å². The Morgan fingerprint density at radius 2 is 2.10 bits per heavy atom. The molecule has 5 rings (SSSR count). The second-order valence-electron chi connectivity index (χ2n) is 7.78. The molecule has 0 aliphatic carbocycles. The highest BCUT2D eigenvalue weighted by molar-refractivity contribution is 5.96. The van der Waals surface area contributed by atoms with Crippen molar-refractivity contribution in [2.75, 3.05) is 11.4 Å². The number of nitrogens with zero attached hydrogens (tertiary/aromatic N) is 4. The molecular formula is C23H23N5O3. The van der Waals surface area contributed by atoms with Gasteiger partial charge in [-0.2, -0.15) is 10.1 Å². The van der Waals surface area contributed by atoms with E-state index in [4.69, 9.17) is 8.94 Å². The molecule has 1 atom stereocenters. The molecule has 1 aliphatic heterocycles. The number of carbonyl (C=O) groups is 1. The molecule has 1 unspecified atom stereocenters. The zero-order valence-electron chi connectivity index (χ0n) is 17.2. The maximum absolute atomic E-state index is 12.6. The van der Waals surface area contributed by atoms with E-state index in [0.717, 1.165) is 12.1 Å². The summed E-state index contributed by atoms with van der Waals surface area (Å²) in [4.78, 5) is 19.0. The quantitative estimate of drug-likeness (QED) is 0.472. The Morgan fingerprint density at radius 1 is 1.23 bits per heavy atom. The van der Waals surface area contributed by atoms with Gasteiger partial charge in [0.25, 0.3) is 5.89 Å². The summed E-state index contributed by atoms with van der Waals surface area (Å²) in [6.07, 6.45) is 5.36. The number of furan rings is 1. The summed E-state index contributed by atoms with van der Waals surface area (Å²) in [6, 6.07) is 13.7. The number of aromatic nitrogens is 4. The van der Waals surface area contributed by atoms with Crippen molar-refractivity contribution in [3.63, 3.8) is 0 Å². The van der Waals surface area contributed by atoms with Crippen molar-refractivity contribution in [1.29, 1.82) is 0 Å². The van der Waals surface area contributed by atoms with Gasteiger partial charge in [0.05, 0.1) is 6.26 Å². The molecule has 1 fully saturated rings. The highest BCUT2D eigenvalue weighted by Gasteiger charge is 2.34. The Labute approximate surface area is 179 Å². The van der Waals surface area contributed by atoms with Crippen LogP contribution in [-0.2, 0) is 11.2 Å². The van der Waals surface area contributed by atoms with E-state index in [1.165, 1.54) is 18.4 Å². The van der Waals surface area contributed by atoms with Crippen molar-refractivity contribution in [2.24, 2.45) is 0 Å². The van der Waals surface area contributed by atoms with Crippen LogP contribution in [0.4, 0.5) is 5.69 Å². The van der Waals surface area contributed by atoms with Crippen LogP contribution >= 0.6 is 0 Å². The van der Waals surface area contributed by atoms with E-state index >= 15 is 0 Å². The molecule has 1 amide bonds. The lowest BCUT2D eigenvalue weighted by molar-refractivity contribution is -0.117. The van der Waals surface area contributed by atoms with Crippen molar-refractivity contribution in [2.45, 2.75) is 38.5 Å². The van der Waals surface area contributed by atoms with Gasteiger partial charge in [0.1, 0.15) is 11.4 Å². The number of benzene rings is 1. The average Bonchev–Trinajstić information content (AvgIpc) is 3.58. The Balaban J connectivity index is 1.29. The molecule has 0 bridgehead atoms. The molecule has 3 aromatic heterocycles. The first-order valence-corrected chi connectivity index (χ1v) is 10.5. The Kier molecular flexibility index (Phi) is 5.11. The highest BCUT2D eigenvalue weighted by Crippen LogP contribution is 2.32. The maximum Gasteiger partial charge on any atom is 0.275 e. The third-order valence-electron chi connectivity index (χ3n) is 5.58. The molecule has 0 spiro atoms. The zero-order valence-corrected chi connectivity index (χ0v) is 17.2. The number of aryl methyl sites for hydroxylation is 1. The minimum Gasteiger partial charge on any atom is -0.463 e. The third-order valence-corrected chi connectivity index (χ3v) is 5.58. The molecule has 1 N–H and O–H groups in total. The van der Waals surface area contributed by atoms with Crippen LogP contribution in [0.15, 0.2) is 57.7 Å². The molecule has 8 nitrogen and oxygen atoms in total. The number of hydrogen-bond acceptors (Lipinski definition) is 6. The molecule has 158 valence electrons. The zero-order chi connectivity index (χ0) is 21.2. The molecule has 1 aliphatic rings. The van der Waals surface area contributed by atoms with Gasteiger partial charge in [-0.05, 0) is 42.7 Å². The number of hydrogen-bond donors (Lipinski definition) is 1. The molecule has 1 aromatic carbocycles. The molecule has 0 saturated carbocycles. The van der Waals surface area contributed by atoms with Crippen molar-refractivity contribution >= 4 is 11.6 Å². The minimum absolute atomic E-state index is 0.0688. The molecule has 31 heavy (non-hydrogen) atoms. The van der Waals surface area contributed by atoms with Crippen LogP contribution in [-0.4, -0.2) is 32.8 Å². The Morgan fingerprint density at radius 3 is 2.87 bits per heavy atom. The summed E-state index contributed by atoms with van der Waals surface area (Å²) in [6.45, 7) is 2.72. The van der Waals surface area contributed by atoms with E-state index < -0.39 is 0 Å². The first-order valence-electron chi connectivity index (χ1n) is 10.5. The minimum atomic E-state index is -0.114. The standard InChI is InChI=1S/C23H23N5O3/c1-2-3-5-15-7-9-17(10-8-15)28-14-16(12-21(28)29)22-24-23(31-27-22)19-13-18(25-26-19)20-6-4-11-30-20/h4,6-11,13,16H,2-3,5,12,14H2,1H3,(H,25,26). The van der Waals surface area contributed by atoms with Crippen LogP contribution in [0.25, 0.3) is 23.0 Å². The number of nitrogens with one attached hydrogen (secondary N) is 1. The number of anilines is 1. The van der Waals surface area contributed by atoms with Crippen LogP contribution in [0.2, 0.25) is 0 Å². The molecule has 0 radical (unpaired) electrons. The number of aromatic amines is 1. The Bertz CT molecular complexity index is 1160. The van der Waals surface area contributed by atoms with Crippen LogP contribution in [0, 0.1) is 0 Å². The Hall–Kier alpha value is -3.68. The lowest BCUT2D eigenvalue weighted by Gasteiger charge is -2.16. The second-order valence-corrected chi connectivity index (χ2v) is 7.78. The lowest BCUT2D eigenvalue weighted by Crippen LogP contribution is -2.24. The van der Waals surface area contributed by atoms with Crippen LogP contribution in [0.3, 0.4) is 0 Å². The summed E-state index contributed by atoms with van der Waals surface area (Å²) in [5.74, 6) is 1.47. The SMILES string of the molecule is CCCCc1ccc(N2CC(c3noc(-c4cc(-c5ccco5)n[nH]4)n3)CC2=O)cc1. The molecule has 4 heterocycles. The van der Waals surface area contributed by atoms with Crippen LogP contribution < -0.4 is 4.90 Å². The van der Waals surface area contributed by atoms with Crippen molar-refractivity contribution in [3.8, 4) is 23.0 Å². The monoisotopic (exact) mass is 417 g/mol. The normalized spacial score (nSPS) is 16.4. The summed E-state index contributed by atoms with van der Waals surface area (Å²) in [5.41, 5.74) is 3.47. The van der Waals surface area contributed by atoms with Gasteiger partial charge in [-0.25, -0.2) is 0 Å². The van der Waals surface area contributed by atoms with Crippen molar-refractivity contribution in [1.82, 2.24) is 20.3 Å². The number of unbranched alkanes of at least 4 members (excludes halogenated alkanes) is 1. The second kappa shape index (κ2) is 8.22. The van der Waals surface area contributed by atoms with Crippen LogP contribution in [0.5, 0.6) is 0 Å². The first-order chi connectivity index (χ1) is 15.2. The van der Waals surface area contributed by atoms with E-state index in [-0.39, 0.29) is 11.8 Å². The highest BCUT2D eigenvalue weighted by atomic mass is 16.5. The molecule has 1 saturated heterocycles. The smallest absolute Gasteiger partial charge is 0.275 e. The molecular weight excluding hydrogens is 394 g/mol. The fraction of sp³-hybridized carbons (Fsp3) is 0.304. The largest absolute Gasteiger partial charge is 0.463 e. The van der Waals surface area contributed by atoms with E-state index in [2.05, 4.69) is 39.4 Å². The fourth-order valence-corrected chi connectivity index (χ4v) is 3.85. The van der Waals surface area contributed by atoms with Gasteiger partial charge >= 0.3 is 0 Å². The predicted molar refractivity (Wildman–Crippen MR) is 114 cm³/mol. The van der Waals surface area contributed by atoms with Gasteiger partial charge in [0.2, 0.25) is 5.91 Å². The third kappa shape index (κ3) is 3.88. The maximum atomic E-state index is 12.6. The summed E-state index contributed by atoms with van der Waals surface area (Å²) in [7, 11) is 0. The van der Waals surface area contributed by atoms with Gasteiger partial charge in [-0.15, -0.1) is 0 Å². The van der Waals surface area contributed by atoms with E-state index in [1.807, 2.05) is 18.2 Å². The number of H-pyrrole nitrogens is 1. The fourth-order valence-electron chi connectivity index (χ4n) is 3.85. The van der Waals surface area contributed by atoms with E-state index in [9.17, 15) is 4.79 Å². The predicted octanol–water partition coefficient (Wildman–Crippen LogP) is 4.58.